The highest BCUT2D eigenvalue weighted by atomic mass is 19.2. The summed E-state index contributed by atoms with van der Waals surface area (Å²) >= 11 is 0. The lowest BCUT2D eigenvalue weighted by Gasteiger charge is -2.49. The van der Waals surface area contributed by atoms with E-state index in [1.165, 1.54) is 18.2 Å². The maximum Gasteiger partial charge on any atom is 0.269 e. The molecule has 3 atom stereocenters. The summed E-state index contributed by atoms with van der Waals surface area (Å²) in [6, 6.07) is 22.3. The summed E-state index contributed by atoms with van der Waals surface area (Å²) < 4.78 is 35.3. The largest absolute Gasteiger partial charge is 0.482 e. The monoisotopic (exact) mass is 483 g/mol. The third-order valence-electron chi connectivity index (χ3n) is 7.62. The average Bonchev–Trinajstić information content (AvgIpc) is 2.90. The molecule has 6 rings (SSSR count). The van der Waals surface area contributed by atoms with Gasteiger partial charge in [-0.1, -0.05) is 54.6 Å². The molecular formula is C30H23F2NO3. The van der Waals surface area contributed by atoms with Crippen LogP contribution in [0.15, 0.2) is 84.9 Å². The Morgan fingerprint density at radius 3 is 2.53 bits per heavy atom. The van der Waals surface area contributed by atoms with E-state index in [4.69, 9.17) is 4.74 Å². The second-order valence-corrected chi connectivity index (χ2v) is 9.55. The van der Waals surface area contributed by atoms with E-state index >= 15 is 0 Å². The molecular weight excluding hydrogens is 460 g/mol. The number of halogens is 2. The lowest BCUT2D eigenvalue weighted by molar-refractivity contribution is -0.384. The van der Waals surface area contributed by atoms with Gasteiger partial charge in [0, 0.05) is 18.1 Å². The molecule has 0 bridgehead atoms. The molecule has 0 N–H and O–H groups in total. The van der Waals surface area contributed by atoms with Crippen LogP contribution < -0.4 is 4.74 Å². The van der Waals surface area contributed by atoms with E-state index in [0.717, 1.165) is 40.8 Å². The van der Waals surface area contributed by atoms with Gasteiger partial charge in [0.2, 0.25) is 0 Å². The van der Waals surface area contributed by atoms with Crippen molar-refractivity contribution in [3.05, 3.63) is 123 Å². The molecule has 4 nitrogen and oxygen atoms in total. The van der Waals surface area contributed by atoms with Crippen molar-refractivity contribution in [3.63, 3.8) is 0 Å². The first-order chi connectivity index (χ1) is 17.5. The van der Waals surface area contributed by atoms with Crippen LogP contribution >= 0.6 is 0 Å². The molecule has 1 fully saturated rings. The molecule has 2 aliphatic carbocycles. The first kappa shape index (κ1) is 22.4. The molecule has 3 unspecified atom stereocenters. The van der Waals surface area contributed by atoms with Gasteiger partial charge in [-0.3, -0.25) is 10.1 Å². The maximum atomic E-state index is 14.6. The molecule has 0 radical (unpaired) electrons. The predicted octanol–water partition coefficient (Wildman–Crippen LogP) is 7.91. The van der Waals surface area contributed by atoms with Gasteiger partial charge in [0.05, 0.1) is 4.92 Å². The summed E-state index contributed by atoms with van der Waals surface area (Å²) in [7, 11) is 0. The quantitative estimate of drug-likeness (QED) is 0.219. The highest BCUT2D eigenvalue weighted by Crippen LogP contribution is 2.56. The Bertz CT molecular complexity index is 1510. The summed E-state index contributed by atoms with van der Waals surface area (Å²) in [6.07, 6.45) is 6.76. The summed E-state index contributed by atoms with van der Waals surface area (Å²) in [5.74, 6) is -1.41. The SMILES string of the molecule is O=[N+]([O-])c1ccc(OC2(c3ccc(F)c(F)c3)CCCC3C=Cc4c(ccc5ccccc45)C32)cc1. The van der Waals surface area contributed by atoms with Crippen molar-refractivity contribution in [2.24, 2.45) is 5.92 Å². The number of hydrogen-bond donors (Lipinski definition) is 0. The molecule has 0 aromatic heterocycles. The van der Waals surface area contributed by atoms with E-state index in [9.17, 15) is 18.9 Å². The van der Waals surface area contributed by atoms with Crippen molar-refractivity contribution >= 4 is 22.5 Å². The number of benzene rings is 4. The maximum absolute atomic E-state index is 14.6. The van der Waals surface area contributed by atoms with Crippen molar-refractivity contribution in [2.75, 3.05) is 0 Å². The number of hydrogen-bond acceptors (Lipinski definition) is 3. The summed E-state index contributed by atoms with van der Waals surface area (Å²) in [6.45, 7) is 0. The molecule has 0 amide bonds. The lowest BCUT2D eigenvalue weighted by atomic mass is 9.60. The molecule has 1 saturated carbocycles. The first-order valence-corrected chi connectivity index (χ1v) is 12.1. The number of fused-ring (bicyclic) bond motifs is 5. The van der Waals surface area contributed by atoms with Gasteiger partial charge in [0.15, 0.2) is 11.6 Å². The van der Waals surface area contributed by atoms with Crippen LogP contribution in [0.4, 0.5) is 14.5 Å². The Morgan fingerprint density at radius 1 is 0.944 bits per heavy atom. The van der Waals surface area contributed by atoms with Crippen LogP contribution in [0.1, 0.15) is 41.9 Å². The van der Waals surface area contributed by atoms with Gasteiger partial charge < -0.3 is 4.74 Å². The van der Waals surface area contributed by atoms with Crippen molar-refractivity contribution < 1.29 is 18.4 Å². The standard InChI is InChI=1S/C30H23F2NO3/c31-27-16-9-21(18-28(27)32)30(36-23-12-10-22(11-13-23)33(34)35)17-3-5-20-8-14-25-24-6-2-1-4-19(24)7-15-26(25)29(20)30/h1-2,4,6-16,18,20,29H,3,5,17H2. The molecule has 0 aliphatic heterocycles. The summed E-state index contributed by atoms with van der Waals surface area (Å²) in [5.41, 5.74) is 1.74. The average molecular weight is 484 g/mol. The van der Waals surface area contributed by atoms with Crippen LogP contribution in [0.3, 0.4) is 0 Å². The molecule has 6 heteroatoms. The zero-order valence-electron chi connectivity index (χ0n) is 19.4. The zero-order valence-corrected chi connectivity index (χ0v) is 19.4. The molecule has 2 aliphatic rings. The molecule has 36 heavy (non-hydrogen) atoms. The smallest absolute Gasteiger partial charge is 0.269 e. The van der Waals surface area contributed by atoms with Gasteiger partial charge >= 0.3 is 0 Å². The van der Waals surface area contributed by atoms with E-state index in [0.29, 0.717) is 17.7 Å². The van der Waals surface area contributed by atoms with Gasteiger partial charge in [0.1, 0.15) is 11.4 Å². The van der Waals surface area contributed by atoms with E-state index in [2.05, 4.69) is 36.4 Å². The van der Waals surface area contributed by atoms with Crippen LogP contribution in [0.5, 0.6) is 5.75 Å². The first-order valence-electron chi connectivity index (χ1n) is 12.1. The van der Waals surface area contributed by atoms with Crippen LogP contribution in [0, 0.1) is 27.7 Å². The molecule has 180 valence electrons. The molecule has 0 heterocycles. The van der Waals surface area contributed by atoms with Crippen LogP contribution in [0.2, 0.25) is 0 Å². The second-order valence-electron chi connectivity index (χ2n) is 9.55. The minimum absolute atomic E-state index is 0.0387. The number of rotatable bonds is 4. The summed E-state index contributed by atoms with van der Waals surface area (Å²) in [5, 5.41) is 13.4. The van der Waals surface area contributed by atoms with E-state index in [1.54, 1.807) is 18.2 Å². The lowest BCUT2D eigenvalue weighted by Crippen LogP contribution is -2.46. The van der Waals surface area contributed by atoms with E-state index in [1.807, 2.05) is 12.1 Å². The van der Waals surface area contributed by atoms with Gasteiger partial charge in [-0.05, 0) is 76.9 Å². The van der Waals surface area contributed by atoms with Crippen LogP contribution in [-0.4, -0.2) is 4.92 Å². The van der Waals surface area contributed by atoms with Crippen molar-refractivity contribution in [3.8, 4) is 5.75 Å². The number of nitro benzene ring substituents is 1. The number of allylic oxidation sites excluding steroid dienone is 1. The topological polar surface area (TPSA) is 52.4 Å². The Balaban J connectivity index is 1.56. The molecule has 0 spiro atoms. The molecule has 4 aromatic rings. The van der Waals surface area contributed by atoms with Crippen LogP contribution in [-0.2, 0) is 5.60 Å². The van der Waals surface area contributed by atoms with Gasteiger partial charge in [-0.15, -0.1) is 0 Å². The summed E-state index contributed by atoms with van der Waals surface area (Å²) in [4.78, 5) is 10.7. The van der Waals surface area contributed by atoms with E-state index in [-0.39, 0.29) is 17.5 Å². The Kier molecular flexibility index (Phi) is 5.32. The molecule has 0 saturated heterocycles. The van der Waals surface area contributed by atoms with Gasteiger partial charge in [-0.2, -0.15) is 0 Å². The predicted molar refractivity (Wildman–Crippen MR) is 135 cm³/mol. The van der Waals surface area contributed by atoms with E-state index < -0.39 is 22.2 Å². The second kappa shape index (κ2) is 8.55. The minimum Gasteiger partial charge on any atom is -0.482 e. The van der Waals surface area contributed by atoms with Gasteiger partial charge in [0.25, 0.3) is 5.69 Å². The normalized spacial score (nSPS) is 22.6. The minimum atomic E-state index is -0.991. The Morgan fingerprint density at radius 2 is 1.75 bits per heavy atom. The Labute approximate surface area is 207 Å². The number of non-ortho nitro benzene ring substituents is 1. The number of nitrogens with zero attached hydrogens (tertiary/aromatic N) is 1. The third kappa shape index (κ3) is 3.56. The van der Waals surface area contributed by atoms with Gasteiger partial charge in [-0.25, -0.2) is 8.78 Å². The van der Waals surface area contributed by atoms with Crippen molar-refractivity contribution in [2.45, 2.75) is 30.8 Å². The number of ether oxygens (including phenoxy) is 1. The Hall–Kier alpha value is -4.06. The fourth-order valence-corrected chi connectivity index (χ4v) is 6.05. The zero-order chi connectivity index (χ0) is 24.9. The number of nitro groups is 1. The van der Waals surface area contributed by atoms with Crippen LogP contribution in [0.25, 0.3) is 16.8 Å². The third-order valence-corrected chi connectivity index (χ3v) is 7.62. The highest BCUT2D eigenvalue weighted by Gasteiger charge is 2.51. The fraction of sp³-hybridized carbons (Fsp3) is 0.200. The highest BCUT2D eigenvalue weighted by molar-refractivity contribution is 5.93. The molecule has 4 aromatic carbocycles. The fourth-order valence-electron chi connectivity index (χ4n) is 6.05. The van der Waals surface area contributed by atoms with Crippen molar-refractivity contribution in [1.82, 2.24) is 0 Å². The van der Waals surface area contributed by atoms with Crippen molar-refractivity contribution in [1.29, 1.82) is 0 Å².